The summed E-state index contributed by atoms with van der Waals surface area (Å²) in [4.78, 5) is 10.5. The molecule has 4 aromatic carbocycles. The summed E-state index contributed by atoms with van der Waals surface area (Å²) in [5.41, 5.74) is -0.219. The van der Waals surface area contributed by atoms with E-state index in [2.05, 4.69) is 30.5 Å². The molecule has 0 atom stereocenters. The Morgan fingerprint density at radius 3 is 2.07 bits per heavy atom. The van der Waals surface area contributed by atoms with Gasteiger partial charge in [-0.05, 0) is 52.7 Å². The van der Waals surface area contributed by atoms with E-state index in [9.17, 15) is 31.0 Å². The maximum absolute atomic E-state index is 13.7. The number of benzene rings is 4. The Bertz CT molecular complexity index is 2060. The van der Waals surface area contributed by atoms with Crippen molar-refractivity contribution in [2.24, 2.45) is 10.2 Å². The quantitative estimate of drug-likeness (QED) is 0.120. The van der Waals surface area contributed by atoms with Gasteiger partial charge in [-0.3, -0.25) is 4.55 Å². The molecule has 0 saturated carbocycles. The monoisotopic (exact) mass is 656 g/mol. The number of anilines is 2. The van der Waals surface area contributed by atoms with Crippen LogP contribution in [-0.4, -0.2) is 40.9 Å². The van der Waals surface area contributed by atoms with Gasteiger partial charge < -0.3 is 15.0 Å². The first-order chi connectivity index (χ1) is 19.4. The summed E-state index contributed by atoms with van der Waals surface area (Å²) in [6.07, 6.45) is 0. The molecule has 18 heteroatoms. The molecule has 0 saturated heterocycles. The molecule has 13 nitrogen and oxygen atoms in total. The summed E-state index contributed by atoms with van der Waals surface area (Å²) in [5.74, 6) is -1.15. The molecule has 0 aliphatic rings. The Balaban J connectivity index is 0.00000253. The fourth-order valence-corrected chi connectivity index (χ4v) is 5.17. The summed E-state index contributed by atoms with van der Waals surface area (Å²) >= 11 is 6.08. The topological polar surface area (TPSA) is 210 Å². The first-order valence-electron chi connectivity index (χ1n) is 11.4. The van der Waals surface area contributed by atoms with Gasteiger partial charge in [0.25, 0.3) is 10.1 Å². The SMILES string of the molecule is O=S(=O)([O-])c1cc(Nc2nc(Cl)nc(-c3ccccc3)n2)c2c([O-])c(N=Nc3ccccc3)c(S(=O)(=O)O)cc2c1.[Na+].[Na+]. The molecule has 2 N–H and O–H groups in total. The third-order valence-corrected chi connectivity index (χ3v) is 7.43. The van der Waals surface area contributed by atoms with E-state index >= 15 is 0 Å². The molecule has 0 bridgehead atoms. The molecule has 0 unspecified atom stereocenters. The van der Waals surface area contributed by atoms with Crippen LogP contribution in [0.25, 0.3) is 22.2 Å². The standard InChI is InChI=1S/C25H17ClN6O7S2.2Na/c26-24-28-23(14-7-3-1-4-8-14)29-25(30-24)27-18-13-17(40(34,35)36)11-15-12-19(41(37,38)39)21(22(33)20(15)18)32-31-16-9-5-2-6-10-16;;/h1-13,33H,(H,34,35,36)(H,37,38,39)(H,27,28,29,30);;/q;2*+1/p-2. The molecule has 0 amide bonds. The number of hydrogen-bond donors (Lipinski definition) is 2. The van der Waals surface area contributed by atoms with Gasteiger partial charge >= 0.3 is 59.1 Å². The van der Waals surface area contributed by atoms with E-state index in [4.69, 9.17) is 11.6 Å². The van der Waals surface area contributed by atoms with E-state index in [1.165, 1.54) is 12.1 Å². The van der Waals surface area contributed by atoms with Gasteiger partial charge in [0.1, 0.15) is 15.0 Å². The van der Waals surface area contributed by atoms with Crippen molar-refractivity contribution in [2.45, 2.75) is 9.79 Å². The number of hydrogen-bond acceptors (Lipinski definition) is 12. The molecule has 0 spiro atoms. The van der Waals surface area contributed by atoms with Gasteiger partial charge in [-0.25, -0.2) is 8.42 Å². The van der Waals surface area contributed by atoms with Gasteiger partial charge in [-0.15, -0.1) is 5.11 Å². The Morgan fingerprint density at radius 2 is 1.47 bits per heavy atom. The Morgan fingerprint density at radius 1 is 0.837 bits per heavy atom. The zero-order chi connectivity index (χ0) is 29.4. The van der Waals surface area contributed by atoms with Crippen LogP contribution in [0, 0.1) is 0 Å². The van der Waals surface area contributed by atoms with Crippen LogP contribution < -0.4 is 69.5 Å². The molecule has 0 aliphatic heterocycles. The van der Waals surface area contributed by atoms with E-state index in [0.717, 1.165) is 18.2 Å². The number of aromatic nitrogens is 3. The molecule has 0 radical (unpaired) electrons. The number of fused-ring (bicyclic) bond motifs is 1. The van der Waals surface area contributed by atoms with Crippen LogP contribution in [0.3, 0.4) is 0 Å². The average molecular weight is 657 g/mol. The van der Waals surface area contributed by atoms with Crippen molar-refractivity contribution in [2.75, 3.05) is 5.32 Å². The maximum Gasteiger partial charge on any atom is 1.00 e. The van der Waals surface area contributed by atoms with Gasteiger partial charge in [0.15, 0.2) is 5.82 Å². The number of rotatable bonds is 7. The molecule has 0 aliphatic carbocycles. The molecule has 5 aromatic rings. The predicted molar refractivity (Wildman–Crippen MR) is 145 cm³/mol. The van der Waals surface area contributed by atoms with Crippen LogP contribution in [0.15, 0.2) is 98.9 Å². The smallest absolute Gasteiger partial charge is 0.870 e. The predicted octanol–water partition coefficient (Wildman–Crippen LogP) is -1.26. The van der Waals surface area contributed by atoms with E-state index in [0.29, 0.717) is 5.56 Å². The van der Waals surface area contributed by atoms with Crippen molar-refractivity contribution in [3.63, 3.8) is 0 Å². The fraction of sp³-hybridized carbons (Fsp3) is 0. The number of azo groups is 1. The summed E-state index contributed by atoms with van der Waals surface area (Å²) in [7, 11) is -10.2. The summed E-state index contributed by atoms with van der Waals surface area (Å²) in [6, 6.07) is 19.1. The van der Waals surface area contributed by atoms with Crippen molar-refractivity contribution in [1.29, 1.82) is 0 Å². The summed E-state index contributed by atoms with van der Waals surface area (Å²) < 4.78 is 70.1. The van der Waals surface area contributed by atoms with Crippen LogP contribution in [0.4, 0.5) is 23.0 Å². The second-order valence-electron chi connectivity index (χ2n) is 8.33. The maximum atomic E-state index is 13.7. The van der Waals surface area contributed by atoms with Gasteiger partial charge in [-0.1, -0.05) is 54.3 Å². The van der Waals surface area contributed by atoms with Gasteiger partial charge in [0, 0.05) is 11.3 Å². The van der Waals surface area contributed by atoms with Crippen molar-refractivity contribution in [1.82, 2.24) is 15.0 Å². The molecule has 43 heavy (non-hydrogen) atoms. The second-order valence-corrected chi connectivity index (χ2v) is 11.4. The van der Waals surface area contributed by atoms with Crippen molar-refractivity contribution < 1.29 is 90.2 Å². The molecule has 5 rings (SSSR count). The minimum absolute atomic E-state index is 0. The van der Waals surface area contributed by atoms with Crippen LogP contribution in [0.2, 0.25) is 5.28 Å². The van der Waals surface area contributed by atoms with Crippen LogP contribution in [0.5, 0.6) is 5.75 Å². The molecule has 0 fully saturated rings. The van der Waals surface area contributed by atoms with Gasteiger partial charge in [-0.2, -0.15) is 28.5 Å². The molecular weight excluding hydrogens is 642 g/mol. The van der Waals surface area contributed by atoms with Crippen molar-refractivity contribution >= 4 is 65.6 Å². The third kappa shape index (κ3) is 8.14. The molecule has 1 aromatic heterocycles. The van der Waals surface area contributed by atoms with Crippen LogP contribution in [0.1, 0.15) is 0 Å². The Hall–Kier alpha value is -2.54. The zero-order valence-electron chi connectivity index (χ0n) is 22.3. The fourth-order valence-electron chi connectivity index (χ4n) is 3.82. The third-order valence-electron chi connectivity index (χ3n) is 5.58. The minimum atomic E-state index is -5.11. The van der Waals surface area contributed by atoms with E-state index in [1.807, 2.05) is 0 Å². The van der Waals surface area contributed by atoms with Crippen molar-refractivity contribution in [3.05, 3.63) is 84.1 Å². The van der Waals surface area contributed by atoms with E-state index in [1.54, 1.807) is 48.5 Å². The normalized spacial score (nSPS) is 11.6. The van der Waals surface area contributed by atoms with E-state index < -0.39 is 41.5 Å². The van der Waals surface area contributed by atoms with Crippen LogP contribution >= 0.6 is 11.6 Å². The Kier molecular flexibility index (Phi) is 11.4. The minimum Gasteiger partial charge on any atom is -0.870 e. The largest absolute Gasteiger partial charge is 1.00 e. The summed E-state index contributed by atoms with van der Waals surface area (Å²) in [6.45, 7) is 0. The van der Waals surface area contributed by atoms with Crippen LogP contribution in [-0.2, 0) is 20.2 Å². The second kappa shape index (κ2) is 14.0. The van der Waals surface area contributed by atoms with E-state index in [-0.39, 0.29) is 98.3 Å². The number of halogens is 1. The first-order valence-corrected chi connectivity index (χ1v) is 14.6. The zero-order valence-corrected chi connectivity index (χ0v) is 28.7. The molecule has 1 heterocycles. The van der Waals surface area contributed by atoms with Gasteiger partial charge in [0.2, 0.25) is 11.2 Å². The average Bonchev–Trinajstić information content (AvgIpc) is 2.92. The Labute approximate surface area is 294 Å². The molecular formula is C25H15ClN6Na2O7S2. The van der Waals surface area contributed by atoms with Gasteiger partial charge in [0.05, 0.1) is 16.3 Å². The number of nitrogens with one attached hydrogen (secondary N) is 1. The molecule has 208 valence electrons. The number of nitrogens with zero attached hydrogens (tertiary/aromatic N) is 5. The van der Waals surface area contributed by atoms with Crippen molar-refractivity contribution in [3.8, 4) is 17.1 Å². The first kappa shape index (κ1) is 34.9. The summed E-state index contributed by atoms with van der Waals surface area (Å²) in [5, 5.41) is 23.1.